The molecule has 0 saturated carbocycles. The lowest BCUT2D eigenvalue weighted by Gasteiger charge is -2.26. The first kappa shape index (κ1) is 23.3. The molecule has 0 spiro atoms. The van der Waals surface area contributed by atoms with E-state index in [0.717, 1.165) is 50.0 Å². The van der Waals surface area contributed by atoms with Crippen molar-refractivity contribution in [1.29, 1.82) is 0 Å². The Balaban J connectivity index is 1.44. The third kappa shape index (κ3) is 5.02. The van der Waals surface area contributed by atoms with Crippen LogP contribution in [0.1, 0.15) is 6.42 Å². The van der Waals surface area contributed by atoms with E-state index in [-0.39, 0.29) is 4.90 Å². The number of morpholine rings is 1. The minimum atomic E-state index is -3.87. The summed E-state index contributed by atoms with van der Waals surface area (Å²) in [5, 5.41) is 5.76. The van der Waals surface area contributed by atoms with Crippen LogP contribution >= 0.6 is 0 Å². The number of hydrogen-bond donors (Lipinski definition) is 3. The fraction of sp³-hybridized carbons (Fsp3) is 0.269. The molecule has 0 amide bonds. The number of hydrogen-bond acceptors (Lipinski definition) is 7. The number of rotatable bonds is 8. The molecule has 1 aliphatic heterocycles. The fourth-order valence-electron chi connectivity index (χ4n) is 4.48. The molecule has 4 N–H and O–H groups in total. The Kier molecular flexibility index (Phi) is 6.72. The average molecular weight is 492 g/mol. The molecule has 0 aliphatic carbocycles. The molecule has 1 fully saturated rings. The summed E-state index contributed by atoms with van der Waals surface area (Å²) in [5.41, 5.74) is 8.41. The van der Waals surface area contributed by atoms with Crippen molar-refractivity contribution in [3.8, 4) is 0 Å². The van der Waals surface area contributed by atoms with E-state index in [1.165, 1.54) is 6.20 Å². The first-order valence-corrected chi connectivity index (χ1v) is 13.2. The molecule has 0 atom stereocenters. The number of nitrogens with two attached hydrogens (primary N) is 1. The number of nitrogen functional groups attached to an aromatic ring is 1. The van der Waals surface area contributed by atoms with E-state index in [0.29, 0.717) is 34.5 Å². The molecular formula is C26H29N5O3S. The number of ether oxygens (including phenoxy) is 1. The van der Waals surface area contributed by atoms with E-state index >= 15 is 0 Å². The van der Waals surface area contributed by atoms with Crippen molar-refractivity contribution in [2.45, 2.75) is 11.3 Å². The second kappa shape index (κ2) is 10.1. The average Bonchev–Trinajstić information content (AvgIpc) is 2.87. The highest BCUT2D eigenvalue weighted by Gasteiger charge is 2.21. The minimum Gasteiger partial charge on any atom is -0.397 e. The van der Waals surface area contributed by atoms with Crippen LogP contribution in [-0.4, -0.2) is 57.7 Å². The van der Waals surface area contributed by atoms with Gasteiger partial charge in [-0.05, 0) is 30.5 Å². The van der Waals surface area contributed by atoms with Gasteiger partial charge in [0.1, 0.15) is 0 Å². The maximum Gasteiger partial charge on any atom is 0.262 e. The van der Waals surface area contributed by atoms with Gasteiger partial charge in [0.05, 0.1) is 46.9 Å². The van der Waals surface area contributed by atoms with Crippen molar-refractivity contribution in [2.75, 3.05) is 55.2 Å². The van der Waals surface area contributed by atoms with Crippen LogP contribution in [0.5, 0.6) is 0 Å². The van der Waals surface area contributed by atoms with Crippen molar-refractivity contribution < 1.29 is 13.2 Å². The van der Waals surface area contributed by atoms with Gasteiger partial charge < -0.3 is 15.8 Å². The molecule has 2 heterocycles. The van der Waals surface area contributed by atoms with E-state index in [1.54, 1.807) is 18.2 Å². The molecule has 8 nitrogen and oxygen atoms in total. The first-order chi connectivity index (χ1) is 17.0. The van der Waals surface area contributed by atoms with E-state index < -0.39 is 10.0 Å². The molecule has 9 heteroatoms. The van der Waals surface area contributed by atoms with Crippen LogP contribution < -0.4 is 15.8 Å². The Labute approximate surface area is 205 Å². The van der Waals surface area contributed by atoms with Gasteiger partial charge in [0.25, 0.3) is 10.0 Å². The number of benzene rings is 3. The van der Waals surface area contributed by atoms with Crippen LogP contribution in [0, 0.1) is 0 Å². The zero-order valence-electron chi connectivity index (χ0n) is 19.4. The molecule has 1 aromatic heterocycles. The Bertz CT molecular complexity index is 1450. The number of anilines is 3. The molecule has 1 aliphatic rings. The third-order valence-corrected chi connectivity index (χ3v) is 7.69. The van der Waals surface area contributed by atoms with Gasteiger partial charge >= 0.3 is 0 Å². The second-order valence-corrected chi connectivity index (χ2v) is 10.3. The zero-order chi connectivity index (χ0) is 24.3. The molecule has 0 radical (unpaired) electrons. The van der Waals surface area contributed by atoms with Crippen LogP contribution in [0.3, 0.4) is 0 Å². The zero-order valence-corrected chi connectivity index (χ0v) is 20.2. The highest BCUT2D eigenvalue weighted by atomic mass is 32.2. The highest BCUT2D eigenvalue weighted by molar-refractivity contribution is 7.93. The maximum atomic E-state index is 13.5. The molecular weight excluding hydrogens is 462 g/mol. The van der Waals surface area contributed by atoms with Crippen molar-refractivity contribution in [3.05, 3.63) is 66.9 Å². The number of pyridine rings is 1. The van der Waals surface area contributed by atoms with Gasteiger partial charge in [-0.3, -0.25) is 14.6 Å². The van der Waals surface area contributed by atoms with Crippen molar-refractivity contribution in [1.82, 2.24) is 9.88 Å². The Morgan fingerprint density at radius 1 is 0.971 bits per heavy atom. The third-order valence-electron chi connectivity index (χ3n) is 6.27. The quantitative estimate of drug-likeness (QED) is 0.253. The van der Waals surface area contributed by atoms with E-state index in [1.807, 2.05) is 42.5 Å². The Hall–Kier alpha value is -3.40. The lowest BCUT2D eigenvalue weighted by atomic mass is 10.1. The number of aromatic nitrogens is 1. The van der Waals surface area contributed by atoms with Crippen LogP contribution in [0.15, 0.2) is 71.8 Å². The Morgan fingerprint density at radius 3 is 2.57 bits per heavy atom. The lowest BCUT2D eigenvalue weighted by Crippen LogP contribution is -2.37. The predicted octanol–water partition coefficient (Wildman–Crippen LogP) is 3.91. The summed E-state index contributed by atoms with van der Waals surface area (Å²) in [5.74, 6) is 0. The summed E-state index contributed by atoms with van der Waals surface area (Å²) in [4.78, 5) is 7.07. The second-order valence-electron chi connectivity index (χ2n) is 8.61. The van der Waals surface area contributed by atoms with Crippen LogP contribution in [0.25, 0.3) is 21.7 Å². The summed E-state index contributed by atoms with van der Waals surface area (Å²) in [6, 6.07) is 18.2. The molecule has 1 saturated heterocycles. The molecule has 35 heavy (non-hydrogen) atoms. The molecule has 182 valence electrons. The van der Waals surface area contributed by atoms with Gasteiger partial charge in [0, 0.05) is 30.4 Å². The van der Waals surface area contributed by atoms with Gasteiger partial charge in [-0.1, -0.05) is 48.5 Å². The van der Waals surface area contributed by atoms with Gasteiger partial charge in [0.2, 0.25) is 0 Å². The summed E-state index contributed by atoms with van der Waals surface area (Å²) in [7, 11) is -3.87. The van der Waals surface area contributed by atoms with Gasteiger partial charge in [-0.25, -0.2) is 8.42 Å². The van der Waals surface area contributed by atoms with E-state index in [4.69, 9.17) is 10.5 Å². The predicted molar refractivity (Wildman–Crippen MR) is 141 cm³/mol. The number of para-hydroxylation sites is 1. The molecule has 3 aromatic carbocycles. The SMILES string of the molecule is Nc1cccc2c(NCCCN3CCOCC3)c(NS(=O)(=O)c3cccc4ccccc34)cnc12. The van der Waals surface area contributed by atoms with Gasteiger partial charge in [0.15, 0.2) is 0 Å². The fourth-order valence-corrected chi connectivity index (χ4v) is 5.77. The van der Waals surface area contributed by atoms with Crippen LogP contribution in [0.2, 0.25) is 0 Å². The highest BCUT2D eigenvalue weighted by Crippen LogP contribution is 2.34. The molecule has 4 aromatic rings. The topological polar surface area (TPSA) is 110 Å². The van der Waals surface area contributed by atoms with E-state index in [9.17, 15) is 8.42 Å². The lowest BCUT2D eigenvalue weighted by molar-refractivity contribution is 0.0378. The summed E-state index contributed by atoms with van der Waals surface area (Å²) in [6.07, 6.45) is 2.44. The number of nitrogens with zero attached hydrogens (tertiary/aromatic N) is 2. The van der Waals surface area contributed by atoms with Crippen LogP contribution in [-0.2, 0) is 14.8 Å². The van der Waals surface area contributed by atoms with E-state index in [2.05, 4.69) is 19.9 Å². The summed E-state index contributed by atoms with van der Waals surface area (Å²) >= 11 is 0. The smallest absolute Gasteiger partial charge is 0.262 e. The van der Waals surface area contributed by atoms with Crippen LogP contribution in [0.4, 0.5) is 17.1 Å². The number of nitrogens with one attached hydrogen (secondary N) is 2. The monoisotopic (exact) mass is 491 g/mol. The molecule has 5 rings (SSSR count). The summed E-state index contributed by atoms with van der Waals surface area (Å²) < 4.78 is 35.2. The standard InChI is InChI=1S/C26H29N5O3S/c27-22-10-4-9-21-25(22)29-18-23(26(21)28-12-5-13-31-14-16-34-17-15-31)30-35(32,33)24-11-3-7-19-6-1-2-8-20(19)24/h1-4,6-11,18,30H,5,12-17,27H2,(H,28,29). The van der Waals surface area contributed by atoms with Gasteiger partial charge in [-0.2, -0.15) is 0 Å². The summed E-state index contributed by atoms with van der Waals surface area (Å²) in [6.45, 7) is 5.02. The normalized spacial score (nSPS) is 14.9. The molecule has 0 bridgehead atoms. The Morgan fingerprint density at radius 2 is 1.71 bits per heavy atom. The minimum absolute atomic E-state index is 0.224. The largest absolute Gasteiger partial charge is 0.397 e. The van der Waals surface area contributed by atoms with Crippen molar-refractivity contribution in [2.24, 2.45) is 0 Å². The van der Waals surface area contributed by atoms with Gasteiger partial charge in [-0.15, -0.1) is 0 Å². The molecule has 0 unspecified atom stereocenters. The van der Waals surface area contributed by atoms with Crippen molar-refractivity contribution >= 4 is 48.8 Å². The maximum absolute atomic E-state index is 13.5. The number of fused-ring (bicyclic) bond motifs is 2. The van der Waals surface area contributed by atoms with Crippen molar-refractivity contribution in [3.63, 3.8) is 0 Å². The number of sulfonamides is 1. The first-order valence-electron chi connectivity index (χ1n) is 11.7.